The van der Waals surface area contributed by atoms with Crippen LogP contribution in [0.25, 0.3) is 0 Å². The Balaban J connectivity index is 1.50. The Morgan fingerprint density at radius 1 is 1.24 bits per heavy atom. The zero-order valence-electron chi connectivity index (χ0n) is 17.1. The van der Waals surface area contributed by atoms with Crippen LogP contribution in [0.1, 0.15) is 25.3 Å². The lowest BCUT2D eigenvalue weighted by molar-refractivity contribution is -0.162. The molecule has 3 rings (SSSR count). The molecule has 156 valence electrons. The van der Waals surface area contributed by atoms with Crippen LogP contribution < -0.4 is 5.32 Å². The number of morpholine rings is 1. The van der Waals surface area contributed by atoms with E-state index >= 15 is 0 Å². The summed E-state index contributed by atoms with van der Waals surface area (Å²) in [5, 5.41) is 11.1. The number of amides is 2. The third kappa shape index (κ3) is 5.78. The fourth-order valence-corrected chi connectivity index (χ4v) is 4.22. The van der Waals surface area contributed by atoms with E-state index < -0.39 is 0 Å². The summed E-state index contributed by atoms with van der Waals surface area (Å²) in [6, 6.07) is 12.0. The molecule has 29 heavy (non-hydrogen) atoms. The van der Waals surface area contributed by atoms with Crippen molar-refractivity contribution in [2.24, 2.45) is 5.92 Å². The first-order chi connectivity index (χ1) is 14.0. The Bertz CT molecular complexity index is 738. The van der Waals surface area contributed by atoms with Gasteiger partial charge in [-0.05, 0) is 24.8 Å². The topological polar surface area (TPSA) is 85.7 Å². The van der Waals surface area contributed by atoms with E-state index in [9.17, 15) is 9.59 Å². The van der Waals surface area contributed by atoms with Gasteiger partial charge in [0.15, 0.2) is 0 Å². The zero-order valence-corrected chi connectivity index (χ0v) is 17.1. The summed E-state index contributed by atoms with van der Waals surface area (Å²) in [4.78, 5) is 28.9. The van der Waals surface area contributed by atoms with Gasteiger partial charge in [-0.15, -0.1) is 0 Å². The highest BCUT2D eigenvalue weighted by molar-refractivity contribution is 5.79. The number of likely N-dealkylation sites (tertiary alicyclic amines) is 1. The second-order valence-electron chi connectivity index (χ2n) is 8.09. The third-order valence-corrected chi connectivity index (χ3v) is 5.87. The van der Waals surface area contributed by atoms with Crippen molar-refractivity contribution in [1.29, 1.82) is 5.26 Å². The molecule has 0 saturated carbocycles. The summed E-state index contributed by atoms with van der Waals surface area (Å²) in [5.41, 5.74) is 0.874. The van der Waals surface area contributed by atoms with E-state index in [-0.39, 0.29) is 29.9 Å². The maximum absolute atomic E-state index is 13.0. The van der Waals surface area contributed by atoms with Crippen LogP contribution in [0, 0.1) is 17.2 Å². The standard InChI is InChI=1S/C22H30N4O3/c1-18(15-19-5-3-2-4-6-19)21(28)26-13-14-29-22(17-26)7-11-25(12-8-22)16-20(27)24-10-9-23/h2-6,18H,7-8,10-17H2,1H3,(H,24,27)/t18-/m1/s1. The van der Waals surface area contributed by atoms with Crippen LogP contribution in [-0.2, 0) is 20.7 Å². The van der Waals surface area contributed by atoms with Gasteiger partial charge in [-0.25, -0.2) is 0 Å². The third-order valence-electron chi connectivity index (χ3n) is 5.87. The van der Waals surface area contributed by atoms with E-state index in [1.807, 2.05) is 36.1 Å². The molecule has 1 aromatic rings. The van der Waals surface area contributed by atoms with E-state index in [2.05, 4.69) is 22.3 Å². The number of rotatable bonds is 6. The normalized spacial score (nSPS) is 20.1. The Morgan fingerprint density at radius 2 is 1.97 bits per heavy atom. The number of nitrogens with zero attached hydrogens (tertiary/aromatic N) is 3. The van der Waals surface area contributed by atoms with Crippen LogP contribution >= 0.6 is 0 Å². The Morgan fingerprint density at radius 3 is 2.66 bits per heavy atom. The highest BCUT2D eigenvalue weighted by Gasteiger charge is 2.41. The van der Waals surface area contributed by atoms with Gasteiger partial charge >= 0.3 is 0 Å². The number of piperidine rings is 1. The highest BCUT2D eigenvalue weighted by Crippen LogP contribution is 2.31. The lowest BCUT2D eigenvalue weighted by Gasteiger charge is -2.47. The molecule has 7 nitrogen and oxygen atoms in total. The van der Waals surface area contributed by atoms with E-state index in [1.54, 1.807) is 0 Å². The van der Waals surface area contributed by atoms with Gasteiger partial charge in [0.1, 0.15) is 6.54 Å². The monoisotopic (exact) mass is 398 g/mol. The minimum absolute atomic E-state index is 0.0396. The van der Waals surface area contributed by atoms with E-state index in [1.165, 1.54) is 5.56 Å². The first-order valence-electron chi connectivity index (χ1n) is 10.3. The fourth-order valence-electron chi connectivity index (χ4n) is 4.22. The van der Waals surface area contributed by atoms with E-state index in [0.29, 0.717) is 26.2 Å². The molecule has 0 radical (unpaired) electrons. The van der Waals surface area contributed by atoms with Gasteiger partial charge in [0.25, 0.3) is 0 Å². The van der Waals surface area contributed by atoms with Crippen molar-refractivity contribution in [3.63, 3.8) is 0 Å². The number of benzene rings is 1. The van der Waals surface area contributed by atoms with Gasteiger partial charge in [0.2, 0.25) is 11.8 Å². The lowest BCUT2D eigenvalue weighted by Crippen LogP contribution is -2.59. The minimum atomic E-state index is -0.306. The van der Waals surface area contributed by atoms with Gasteiger partial charge in [0.05, 0.1) is 24.8 Å². The molecule has 2 aliphatic heterocycles. The van der Waals surface area contributed by atoms with Gasteiger partial charge < -0.3 is 15.0 Å². The average Bonchev–Trinajstić information content (AvgIpc) is 2.74. The molecule has 0 bridgehead atoms. The first kappa shape index (κ1) is 21.3. The molecule has 0 aliphatic carbocycles. The number of ether oxygens (including phenoxy) is 1. The number of hydrogen-bond donors (Lipinski definition) is 1. The summed E-state index contributed by atoms with van der Waals surface area (Å²) in [6.07, 6.45) is 2.35. The summed E-state index contributed by atoms with van der Waals surface area (Å²) >= 11 is 0. The predicted octanol–water partition coefficient (Wildman–Crippen LogP) is 1.20. The molecule has 7 heteroatoms. The summed E-state index contributed by atoms with van der Waals surface area (Å²) in [6.45, 7) is 5.67. The van der Waals surface area contributed by atoms with Crippen LogP contribution in [0.2, 0.25) is 0 Å². The summed E-state index contributed by atoms with van der Waals surface area (Å²) in [7, 11) is 0. The van der Waals surface area contributed by atoms with Crippen LogP contribution in [0.15, 0.2) is 30.3 Å². The molecule has 1 spiro atoms. The molecule has 2 amide bonds. The number of nitriles is 1. The van der Waals surface area contributed by atoms with Crippen molar-refractivity contribution in [2.75, 3.05) is 45.9 Å². The van der Waals surface area contributed by atoms with Crippen LogP contribution in [-0.4, -0.2) is 73.1 Å². The van der Waals surface area contributed by atoms with Crippen LogP contribution in [0.3, 0.4) is 0 Å². The fraction of sp³-hybridized carbons (Fsp3) is 0.591. The van der Waals surface area contributed by atoms with Gasteiger partial charge in [-0.1, -0.05) is 37.3 Å². The van der Waals surface area contributed by atoms with E-state index in [0.717, 1.165) is 32.4 Å². The quantitative estimate of drug-likeness (QED) is 0.728. The molecular formula is C22H30N4O3. The summed E-state index contributed by atoms with van der Waals surface area (Å²) < 4.78 is 6.14. The number of hydrogen-bond acceptors (Lipinski definition) is 5. The molecule has 2 aliphatic rings. The second kappa shape index (κ2) is 9.86. The highest BCUT2D eigenvalue weighted by atomic mass is 16.5. The van der Waals surface area contributed by atoms with E-state index in [4.69, 9.17) is 10.00 Å². The first-order valence-corrected chi connectivity index (χ1v) is 10.3. The van der Waals surface area contributed by atoms with Gasteiger partial charge in [0, 0.05) is 32.1 Å². The van der Waals surface area contributed by atoms with Crippen molar-refractivity contribution < 1.29 is 14.3 Å². The van der Waals surface area contributed by atoms with Crippen molar-refractivity contribution in [3.8, 4) is 6.07 Å². The van der Waals surface area contributed by atoms with Gasteiger partial charge in [-0.2, -0.15) is 5.26 Å². The molecule has 1 N–H and O–H groups in total. The zero-order chi connectivity index (χ0) is 20.7. The SMILES string of the molecule is C[C@H](Cc1ccccc1)C(=O)N1CCOC2(CCN(CC(=O)NCC#N)CC2)C1. The molecule has 1 atom stereocenters. The minimum Gasteiger partial charge on any atom is -0.371 e. The van der Waals surface area contributed by atoms with Gasteiger partial charge in [-0.3, -0.25) is 14.5 Å². The smallest absolute Gasteiger partial charge is 0.235 e. The number of nitrogens with one attached hydrogen (secondary N) is 1. The summed E-state index contributed by atoms with van der Waals surface area (Å²) in [5.74, 6) is 0.00455. The number of carbonyl (C=O) groups is 2. The molecule has 2 fully saturated rings. The maximum Gasteiger partial charge on any atom is 0.235 e. The molecule has 2 saturated heterocycles. The largest absolute Gasteiger partial charge is 0.371 e. The van der Waals surface area contributed by atoms with Crippen LogP contribution in [0.5, 0.6) is 0 Å². The Kier molecular flexibility index (Phi) is 7.24. The molecule has 2 heterocycles. The second-order valence-corrected chi connectivity index (χ2v) is 8.09. The lowest BCUT2D eigenvalue weighted by atomic mass is 9.88. The van der Waals surface area contributed by atoms with Crippen LogP contribution in [0.4, 0.5) is 0 Å². The maximum atomic E-state index is 13.0. The predicted molar refractivity (Wildman–Crippen MR) is 109 cm³/mol. The Hall–Kier alpha value is -2.43. The van der Waals surface area contributed by atoms with Crippen molar-refractivity contribution >= 4 is 11.8 Å². The average molecular weight is 399 g/mol. The van der Waals surface area contributed by atoms with Crippen molar-refractivity contribution in [1.82, 2.24) is 15.1 Å². The van der Waals surface area contributed by atoms with Crippen molar-refractivity contribution in [3.05, 3.63) is 35.9 Å². The van der Waals surface area contributed by atoms with Crippen molar-refractivity contribution in [2.45, 2.75) is 31.8 Å². The number of carbonyl (C=O) groups excluding carboxylic acids is 2. The Labute approximate surface area is 172 Å². The molecule has 1 aromatic carbocycles. The molecule has 0 aromatic heterocycles. The molecular weight excluding hydrogens is 368 g/mol. The molecule has 0 unspecified atom stereocenters.